The molecule has 21 heavy (non-hydrogen) atoms. The predicted molar refractivity (Wildman–Crippen MR) is 79.3 cm³/mol. The molecule has 0 radical (unpaired) electrons. The van der Waals surface area contributed by atoms with Gasteiger partial charge in [0.2, 0.25) is 0 Å². The molecule has 0 aliphatic heterocycles. The molecule has 0 amide bonds. The quantitative estimate of drug-likeness (QED) is 0.879. The van der Waals surface area contributed by atoms with E-state index in [0.717, 1.165) is 11.3 Å². The average molecular weight is 281 g/mol. The summed E-state index contributed by atoms with van der Waals surface area (Å²) in [5.41, 5.74) is 2.36. The van der Waals surface area contributed by atoms with E-state index in [1.54, 1.807) is 30.3 Å². The van der Waals surface area contributed by atoms with Crippen LogP contribution in [-0.2, 0) is 6.42 Å². The Balaban J connectivity index is 2.08. The zero-order chi connectivity index (χ0) is 15.2. The number of aromatic carboxylic acids is 1. The molecule has 5 nitrogen and oxygen atoms in total. The Morgan fingerprint density at radius 2 is 2.10 bits per heavy atom. The molecule has 0 spiro atoms. The molecule has 0 bridgehead atoms. The van der Waals surface area contributed by atoms with Crippen molar-refractivity contribution in [3.63, 3.8) is 0 Å². The number of aromatic nitrogens is 1. The van der Waals surface area contributed by atoms with Crippen LogP contribution >= 0.6 is 0 Å². The summed E-state index contributed by atoms with van der Waals surface area (Å²) in [4.78, 5) is 15.4. The third kappa shape index (κ3) is 3.57. The topological polar surface area (TPSA) is 86.0 Å². The van der Waals surface area contributed by atoms with Gasteiger partial charge in [-0.25, -0.2) is 9.78 Å². The van der Waals surface area contributed by atoms with E-state index in [-0.39, 0.29) is 0 Å². The number of anilines is 1. The van der Waals surface area contributed by atoms with E-state index < -0.39 is 5.97 Å². The number of nitrogens with zero attached hydrogens (tertiary/aromatic N) is 2. The summed E-state index contributed by atoms with van der Waals surface area (Å²) in [5.74, 6) is -0.401. The number of nitrogens with one attached hydrogen (secondary N) is 1. The molecular formula is C16H15N3O2. The molecule has 2 aromatic rings. The summed E-state index contributed by atoms with van der Waals surface area (Å²) in [6, 6.07) is 12.5. The maximum Gasteiger partial charge on any atom is 0.335 e. The fraction of sp³-hybridized carbons (Fsp3) is 0.188. The number of pyridine rings is 1. The number of carbonyl (C=O) groups is 1. The fourth-order valence-electron chi connectivity index (χ4n) is 2.04. The molecule has 2 N–H and O–H groups in total. The van der Waals surface area contributed by atoms with E-state index >= 15 is 0 Å². The molecule has 0 unspecified atom stereocenters. The third-order valence-electron chi connectivity index (χ3n) is 3.09. The smallest absolute Gasteiger partial charge is 0.335 e. The molecule has 5 heteroatoms. The second kappa shape index (κ2) is 6.53. The normalized spacial score (nSPS) is 9.90. The van der Waals surface area contributed by atoms with Crippen LogP contribution in [0, 0.1) is 18.3 Å². The van der Waals surface area contributed by atoms with Crippen LogP contribution in [0.4, 0.5) is 5.82 Å². The van der Waals surface area contributed by atoms with E-state index in [4.69, 9.17) is 10.4 Å². The summed E-state index contributed by atoms with van der Waals surface area (Å²) in [5, 5.41) is 21.3. The van der Waals surface area contributed by atoms with Gasteiger partial charge in [0.05, 0.1) is 11.1 Å². The molecule has 106 valence electrons. The lowest BCUT2D eigenvalue weighted by molar-refractivity contribution is 0.0695. The van der Waals surface area contributed by atoms with Crippen LogP contribution in [-0.4, -0.2) is 22.6 Å². The van der Waals surface area contributed by atoms with E-state index in [2.05, 4.69) is 16.4 Å². The van der Waals surface area contributed by atoms with Crippen molar-refractivity contribution in [3.05, 3.63) is 58.8 Å². The van der Waals surface area contributed by atoms with Gasteiger partial charge in [0.1, 0.15) is 11.9 Å². The maximum absolute atomic E-state index is 11.1. The number of carboxylic acids is 1. The number of carboxylic acid groups (broad SMARTS) is 1. The van der Waals surface area contributed by atoms with Crippen LogP contribution in [0.15, 0.2) is 36.4 Å². The molecule has 2 rings (SSSR count). The minimum absolute atomic E-state index is 0.303. The number of benzene rings is 1. The molecule has 0 fully saturated rings. The second-order valence-corrected chi connectivity index (χ2v) is 4.60. The van der Waals surface area contributed by atoms with E-state index in [9.17, 15) is 4.79 Å². The Bertz CT molecular complexity index is 705. The van der Waals surface area contributed by atoms with Gasteiger partial charge in [-0.2, -0.15) is 5.26 Å². The average Bonchev–Trinajstić information content (AvgIpc) is 2.48. The van der Waals surface area contributed by atoms with Gasteiger partial charge in [-0.3, -0.25) is 0 Å². The Labute approximate surface area is 122 Å². The lowest BCUT2D eigenvalue weighted by atomic mass is 10.0. The summed E-state index contributed by atoms with van der Waals surface area (Å²) in [7, 11) is 0. The largest absolute Gasteiger partial charge is 0.478 e. The highest BCUT2D eigenvalue weighted by atomic mass is 16.4. The van der Waals surface area contributed by atoms with Crippen molar-refractivity contribution in [2.75, 3.05) is 11.9 Å². The lowest BCUT2D eigenvalue weighted by Crippen LogP contribution is -2.11. The van der Waals surface area contributed by atoms with Gasteiger partial charge in [0, 0.05) is 12.2 Å². The summed E-state index contributed by atoms with van der Waals surface area (Å²) >= 11 is 0. The molecule has 1 aromatic heterocycles. The van der Waals surface area contributed by atoms with Crippen molar-refractivity contribution < 1.29 is 9.90 Å². The minimum atomic E-state index is -0.933. The highest BCUT2D eigenvalue weighted by Gasteiger charge is 2.09. The molecule has 0 saturated carbocycles. The zero-order valence-corrected chi connectivity index (χ0v) is 11.6. The number of hydrogen-bond acceptors (Lipinski definition) is 4. The number of hydrogen-bond donors (Lipinski definition) is 2. The Hall–Kier alpha value is -2.87. The van der Waals surface area contributed by atoms with Crippen LogP contribution in [0.2, 0.25) is 0 Å². The van der Waals surface area contributed by atoms with Crippen molar-refractivity contribution >= 4 is 11.8 Å². The first-order valence-electron chi connectivity index (χ1n) is 6.54. The predicted octanol–water partition coefficient (Wildman–Crippen LogP) is 2.61. The molecule has 1 aromatic carbocycles. The fourth-order valence-corrected chi connectivity index (χ4v) is 2.04. The monoisotopic (exact) mass is 281 g/mol. The third-order valence-corrected chi connectivity index (χ3v) is 3.09. The first kappa shape index (κ1) is 14.5. The molecule has 0 atom stereocenters. The number of aryl methyl sites for hydroxylation is 1. The maximum atomic E-state index is 11.1. The van der Waals surface area contributed by atoms with E-state index in [1.165, 1.54) is 0 Å². The summed E-state index contributed by atoms with van der Waals surface area (Å²) in [6.45, 7) is 2.36. The van der Waals surface area contributed by atoms with Crippen molar-refractivity contribution in [2.45, 2.75) is 13.3 Å². The van der Waals surface area contributed by atoms with Gasteiger partial charge in [0.15, 0.2) is 0 Å². The first-order chi connectivity index (χ1) is 10.1. The minimum Gasteiger partial charge on any atom is -0.478 e. The van der Waals surface area contributed by atoms with E-state index in [0.29, 0.717) is 29.9 Å². The summed E-state index contributed by atoms with van der Waals surface area (Å²) in [6.07, 6.45) is 0.545. The van der Waals surface area contributed by atoms with Crippen LogP contribution in [0.25, 0.3) is 0 Å². The number of nitriles is 1. The molecule has 0 aliphatic rings. The number of rotatable bonds is 5. The van der Waals surface area contributed by atoms with Crippen molar-refractivity contribution in [1.82, 2.24) is 4.98 Å². The molecule has 0 saturated heterocycles. The van der Waals surface area contributed by atoms with Crippen molar-refractivity contribution in [2.24, 2.45) is 0 Å². The second-order valence-electron chi connectivity index (χ2n) is 4.60. The van der Waals surface area contributed by atoms with Crippen LogP contribution in [0.3, 0.4) is 0 Å². The molecule has 1 heterocycles. The highest BCUT2D eigenvalue weighted by Crippen LogP contribution is 2.13. The Kier molecular flexibility index (Phi) is 4.52. The van der Waals surface area contributed by atoms with E-state index in [1.807, 2.05) is 13.0 Å². The van der Waals surface area contributed by atoms with Crippen LogP contribution < -0.4 is 5.32 Å². The summed E-state index contributed by atoms with van der Waals surface area (Å²) < 4.78 is 0. The van der Waals surface area contributed by atoms with Gasteiger partial charge in [-0.05, 0) is 37.1 Å². The van der Waals surface area contributed by atoms with Gasteiger partial charge in [-0.1, -0.05) is 18.2 Å². The zero-order valence-electron chi connectivity index (χ0n) is 11.6. The highest BCUT2D eigenvalue weighted by molar-refractivity contribution is 5.89. The molecule has 0 aliphatic carbocycles. The van der Waals surface area contributed by atoms with Crippen molar-refractivity contribution in [3.8, 4) is 6.07 Å². The molecular weight excluding hydrogens is 266 g/mol. The SMILES string of the molecule is Cc1ccc(C#N)c(NCCc2ccccc2C(=O)O)n1. The van der Waals surface area contributed by atoms with Crippen LogP contribution in [0.1, 0.15) is 27.2 Å². The van der Waals surface area contributed by atoms with Gasteiger partial charge in [0.25, 0.3) is 0 Å². The van der Waals surface area contributed by atoms with Gasteiger partial charge >= 0.3 is 5.97 Å². The lowest BCUT2D eigenvalue weighted by Gasteiger charge is -2.09. The Morgan fingerprint density at radius 1 is 1.33 bits per heavy atom. The standard InChI is InChI=1S/C16H15N3O2/c1-11-6-7-13(10-17)15(19-11)18-9-8-12-4-2-3-5-14(12)16(20)21/h2-7H,8-9H2,1H3,(H,18,19)(H,20,21). The van der Waals surface area contributed by atoms with Crippen molar-refractivity contribution in [1.29, 1.82) is 5.26 Å². The first-order valence-corrected chi connectivity index (χ1v) is 6.54. The van der Waals surface area contributed by atoms with Crippen LogP contribution in [0.5, 0.6) is 0 Å². The Morgan fingerprint density at radius 3 is 2.81 bits per heavy atom. The van der Waals surface area contributed by atoms with Gasteiger partial charge in [-0.15, -0.1) is 0 Å². The van der Waals surface area contributed by atoms with Gasteiger partial charge < -0.3 is 10.4 Å².